The van der Waals surface area contributed by atoms with Crippen molar-refractivity contribution in [1.29, 1.82) is 0 Å². The van der Waals surface area contributed by atoms with E-state index in [2.05, 4.69) is 10.6 Å². The van der Waals surface area contributed by atoms with Crippen molar-refractivity contribution in [3.63, 3.8) is 0 Å². The van der Waals surface area contributed by atoms with Crippen LogP contribution in [0.3, 0.4) is 0 Å². The van der Waals surface area contributed by atoms with Gasteiger partial charge in [-0.2, -0.15) is 0 Å². The van der Waals surface area contributed by atoms with Crippen LogP contribution in [0.25, 0.3) is 0 Å². The fourth-order valence-corrected chi connectivity index (χ4v) is 1.75. The van der Waals surface area contributed by atoms with Crippen molar-refractivity contribution in [2.24, 2.45) is 0 Å². The molecule has 0 atom stereocenters. The van der Waals surface area contributed by atoms with Crippen LogP contribution in [0.2, 0.25) is 0 Å². The summed E-state index contributed by atoms with van der Waals surface area (Å²) in [6.45, 7) is 7.57. The number of amides is 2. The van der Waals surface area contributed by atoms with Gasteiger partial charge in [-0.3, -0.25) is 4.79 Å². The Morgan fingerprint density at radius 1 is 1.18 bits per heavy atom. The SMILES string of the molecule is Cc1cc(CC(=O)NCCNC(=O)OC(C)(C)C)ccc1F. The minimum Gasteiger partial charge on any atom is -0.444 e. The van der Waals surface area contributed by atoms with Crippen LogP contribution in [-0.4, -0.2) is 30.7 Å². The fraction of sp³-hybridized carbons (Fsp3) is 0.500. The smallest absolute Gasteiger partial charge is 0.407 e. The maximum atomic E-state index is 13.1. The molecule has 0 fully saturated rings. The Hall–Kier alpha value is -2.11. The third kappa shape index (κ3) is 7.06. The van der Waals surface area contributed by atoms with E-state index in [1.165, 1.54) is 6.07 Å². The van der Waals surface area contributed by atoms with E-state index < -0.39 is 11.7 Å². The molecule has 0 aromatic heterocycles. The molecule has 0 aliphatic carbocycles. The summed E-state index contributed by atoms with van der Waals surface area (Å²) in [5.41, 5.74) is 0.710. The molecule has 0 aliphatic heterocycles. The number of carbonyl (C=O) groups excluding carboxylic acids is 2. The summed E-state index contributed by atoms with van der Waals surface area (Å²) in [4.78, 5) is 23.1. The Bertz CT molecular complexity index is 539. The molecule has 2 N–H and O–H groups in total. The molecular formula is C16H23FN2O3. The molecule has 0 saturated carbocycles. The van der Waals surface area contributed by atoms with Crippen LogP contribution in [-0.2, 0) is 16.0 Å². The van der Waals surface area contributed by atoms with Crippen molar-refractivity contribution in [2.45, 2.75) is 39.7 Å². The highest BCUT2D eigenvalue weighted by molar-refractivity contribution is 5.78. The minimum atomic E-state index is -0.548. The van der Waals surface area contributed by atoms with Crippen molar-refractivity contribution in [3.05, 3.63) is 35.1 Å². The van der Waals surface area contributed by atoms with E-state index in [1.54, 1.807) is 39.8 Å². The number of rotatable bonds is 5. The maximum Gasteiger partial charge on any atom is 0.407 e. The Balaban J connectivity index is 2.26. The average Bonchev–Trinajstić information content (AvgIpc) is 2.37. The number of carbonyl (C=O) groups is 2. The quantitative estimate of drug-likeness (QED) is 0.820. The van der Waals surface area contributed by atoms with E-state index in [0.717, 1.165) is 5.56 Å². The second kappa shape index (κ2) is 7.77. The zero-order chi connectivity index (χ0) is 16.8. The largest absolute Gasteiger partial charge is 0.444 e. The van der Waals surface area contributed by atoms with E-state index >= 15 is 0 Å². The molecule has 1 rings (SSSR count). The van der Waals surface area contributed by atoms with Gasteiger partial charge in [0, 0.05) is 13.1 Å². The molecule has 6 heteroatoms. The Labute approximate surface area is 130 Å². The van der Waals surface area contributed by atoms with Crippen LogP contribution in [0, 0.1) is 12.7 Å². The second-order valence-corrected chi connectivity index (χ2v) is 6.04. The van der Waals surface area contributed by atoms with Gasteiger partial charge >= 0.3 is 6.09 Å². The lowest BCUT2D eigenvalue weighted by Gasteiger charge is -2.19. The van der Waals surface area contributed by atoms with Crippen LogP contribution in [0.4, 0.5) is 9.18 Å². The van der Waals surface area contributed by atoms with E-state index in [0.29, 0.717) is 12.1 Å². The summed E-state index contributed by atoms with van der Waals surface area (Å²) in [5, 5.41) is 5.23. The first-order valence-corrected chi connectivity index (χ1v) is 7.16. The number of nitrogens with one attached hydrogen (secondary N) is 2. The predicted octanol–water partition coefficient (Wildman–Crippen LogP) is 2.32. The van der Waals surface area contributed by atoms with E-state index in [1.807, 2.05) is 0 Å². The molecule has 0 aliphatic rings. The Morgan fingerprint density at radius 3 is 2.41 bits per heavy atom. The topological polar surface area (TPSA) is 67.4 Å². The lowest BCUT2D eigenvalue weighted by atomic mass is 10.1. The van der Waals surface area contributed by atoms with Gasteiger partial charge in [0.15, 0.2) is 0 Å². The number of aryl methyl sites for hydroxylation is 1. The van der Waals surface area contributed by atoms with Crippen molar-refractivity contribution in [3.8, 4) is 0 Å². The van der Waals surface area contributed by atoms with Crippen molar-refractivity contribution >= 4 is 12.0 Å². The number of benzene rings is 1. The summed E-state index contributed by atoms with van der Waals surface area (Å²) in [6.07, 6.45) is -0.344. The number of alkyl carbamates (subject to hydrolysis) is 1. The van der Waals surface area contributed by atoms with Gasteiger partial charge in [0.1, 0.15) is 11.4 Å². The number of hydrogen-bond donors (Lipinski definition) is 2. The maximum absolute atomic E-state index is 13.1. The molecular weight excluding hydrogens is 287 g/mol. The summed E-state index contributed by atoms with van der Waals surface area (Å²) in [5.74, 6) is -0.470. The molecule has 1 aromatic rings. The number of halogens is 1. The minimum absolute atomic E-state index is 0.174. The van der Waals surface area contributed by atoms with E-state index in [4.69, 9.17) is 4.74 Å². The third-order valence-corrected chi connectivity index (χ3v) is 2.70. The highest BCUT2D eigenvalue weighted by atomic mass is 19.1. The molecule has 0 saturated heterocycles. The van der Waals surface area contributed by atoms with Crippen LogP contribution in [0.15, 0.2) is 18.2 Å². The Morgan fingerprint density at radius 2 is 1.82 bits per heavy atom. The fourth-order valence-electron chi connectivity index (χ4n) is 1.75. The van der Waals surface area contributed by atoms with Gasteiger partial charge in [-0.1, -0.05) is 12.1 Å². The summed E-state index contributed by atoms with van der Waals surface area (Å²) >= 11 is 0. The van der Waals surface area contributed by atoms with Crippen LogP contribution in [0.1, 0.15) is 31.9 Å². The summed E-state index contributed by atoms with van der Waals surface area (Å²) < 4.78 is 18.2. The molecule has 0 unspecified atom stereocenters. The third-order valence-electron chi connectivity index (χ3n) is 2.70. The predicted molar refractivity (Wildman–Crippen MR) is 82.1 cm³/mol. The van der Waals surface area contributed by atoms with Gasteiger partial charge in [0.25, 0.3) is 0 Å². The molecule has 122 valence electrons. The molecule has 1 aromatic carbocycles. The number of ether oxygens (including phenoxy) is 1. The first-order valence-electron chi connectivity index (χ1n) is 7.16. The molecule has 0 bridgehead atoms. The summed E-state index contributed by atoms with van der Waals surface area (Å²) in [7, 11) is 0. The molecule has 2 amide bonds. The van der Waals surface area contributed by atoms with Crippen molar-refractivity contribution in [2.75, 3.05) is 13.1 Å². The molecule has 0 heterocycles. The average molecular weight is 310 g/mol. The first-order chi connectivity index (χ1) is 10.2. The van der Waals surface area contributed by atoms with Crippen LogP contribution < -0.4 is 10.6 Å². The molecule has 0 radical (unpaired) electrons. The Kier molecular flexibility index (Phi) is 6.34. The zero-order valence-corrected chi connectivity index (χ0v) is 13.5. The van der Waals surface area contributed by atoms with Crippen LogP contribution in [0.5, 0.6) is 0 Å². The normalized spacial score (nSPS) is 11.0. The van der Waals surface area contributed by atoms with Gasteiger partial charge in [0.2, 0.25) is 5.91 Å². The van der Waals surface area contributed by atoms with Gasteiger partial charge < -0.3 is 15.4 Å². The highest BCUT2D eigenvalue weighted by Gasteiger charge is 2.15. The van der Waals surface area contributed by atoms with Crippen molar-refractivity contribution < 1.29 is 18.7 Å². The lowest BCUT2D eigenvalue weighted by Crippen LogP contribution is -2.38. The molecule has 22 heavy (non-hydrogen) atoms. The van der Waals surface area contributed by atoms with Gasteiger partial charge in [-0.05, 0) is 44.9 Å². The summed E-state index contributed by atoms with van der Waals surface area (Å²) in [6, 6.07) is 4.58. The first kappa shape index (κ1) is 17.9. The molecule has 0 spiro atoms. The second-order valence-electron chi connectivity index (χ2n) is 6.04. The molecule has 5 nitrogen and oxygen atoms in total. The van der Waals surface area contributed by atoms with Crippen LogP contribution >= 0.6 is 0 Å². The zero-order valence-electron chi connectivity index (χ0n) is 13.5. The lowest BCUT2D eigenvalue weighted by molar-refractivity contribution is -0.120. The highest BCUT2D eigenvalue weighted by Crippen LogP contribution is 2.09. The van der Waals surface area contributed by atoms with Gasteiger partial charge in [-0.15, -0.1) is 0 Å². The standard InChI is InChI=1S/C16H23FN2O3/c1-11-9-12(5-6-13(11)17)10-14(20)18-7-8-19-15(21)22-16(2,3)4/h5-6,9H,7-8,10H2,1-4H3,(H,18,20)(H,19,21). The van der Waals surface area contributed by atoms with E-state index in [9.17, 15) is 14.0 Å². The number of hydrogen-bond acceptors (Lipinski definition) is 3. The van der Waals surface area contributed by atoms with E-state index in [-0.39, 0.29) is 24.7 Å². The van der Waals surface area contributed by atoms with Gasteiger partial charge in [0.05, 0.1) is 6.42 Å². The monoisotopic (exact) mass is 310 g/mol. The van der Waals surface area contributed by atoms with Gasteiger partial charge in [-0.25, -0.2) is 9.18 Å². The van der Waals surface area contributed by atoms with Crippen molar-refractivity contribution in [1.82, 2.24) is 10.6 Å².